The van der Waals surface area contributed by atoms with E-state index in [0.717, 1.165) is 0 Å². The van der Waals surface area contributed by atoms with Crippen LogP contribution in [0.3, 0.4) is 0 Å². The van der Waals surface area contributed by atoms with Crippen molar-refractivity contribution in [3.05, 3.63) is 30.1 Å². The van der Waals surface area contributed by atoms with Gasteiger partial charge in [-0.3, -0.25) is 9.78 Å². The molecule has 0 saturated carbocycles. The fourth-order valence-corrected chi connectivity index (χ4v) is 1.31. The topological polar surface area (TPSA) is 68.3 Å². The van der Waals surface area contributed by atoms with E-state index < -0.39 is 11.4 Å². The van der Waals surface area contributed by atoms with Crippen LogP contribution < -0.4 is 5.32 Å². The summed E-state index contributed by atoms with van der Waals surface area (Å²) in [6, 6.07) is 1.69. The molecule has 1 heterocycles. The Labute approximate surface area is 119 Å². The van der Waals surface area contributed by atoms with Crippen molar-refractivity contribution >= 4 is 23.6 Å². The number of aromatic nitrogens is 1. The van der Waals surface area contributed by atoms with Crippen LogP contribution in [0.5, 0.6) is 0 Å². The van der Waals surface area contributed by atoms with Gasteiger partial charge in [0.05, 0.1) is 12.3 Å². The fourth-order valence-electron chi connectivity index (χ4n) is 1.31. The largest absolute Gasteiger partial charge is 0.463 e. The summed E-state index contributed by atoms with van der Waals surface area (Å²) in [4.78, 5) is 27.3. The maximum absolute atomic E-state index is 12.0. The van der Waals surface area contributed by atoms with Crippen LogP contribution in [0, 0.1) is 5.41 Å². The molecular formula is C15H20N2O3. The van der Waals surface area contributed by atoms with Crippen LogP contribution in [0.25, 0.3) is 6.08 Å². The lowest BCUT2D eigenvalue weighted by atomic mass is 9.95. The van der Waals surface area contributed by atoms with Crippen LogP contribution in [0.15, 0.2) is 24.5 Å². The Bertz CT molecular complexity index is 516. The van der Waals surface area contributed by atoms with Gasteiger partial charge >= 0.3 is 5.97 Å². The van der Waals surface area contributed by atoms with Crippen molar-refractivity contribution in [2.75, 3.05) is 11.9 Å². The van der Waals surface area contributed by atoms with Gasteiger partial charge in [-0.1, -0.05) is 20.8 Å². The molecule has 0 unspecified atom stereocenters. The van der Waals surface area contributed by atoms with Crippen molar-refractivity contribution < 1.29 is 14.3 Å². The first-order valence-electron chi connectivity index (χ1n) is 6.45. The zero-order chi connectivity index (χ0) is 15.2. The molecule has 0 saturated heterocycles. The molecule has 0 spiro atoms. The zero-order valence-electron chi connectivity index (χ0n) is 12.3. The molecule has 0 bridgehead atoms. The molecule has 0 aromatic carbocycles. The quantitative estimate of drug-likeness (QED) is 0.678. The summed E-state index contributed by atoms with van der Waals surface area (Å²) in [5, 5.41) is 2.82. The first-order valence-corrected chi connectivity index (χ1v) is 6.45. The lowest BCUT2D eigenvalue weighted by molar-refractivity contribution is -0.137. The Morgan fingerprint density at radius 2 is 2.10 bits per heavy atom. The third kappa shape index (κ3) is 4.84. The third-order valence-corrected chi connectivity index (χ3v) is 2.47. The van der Waals surface area contributed by atoms with Crippen molar-refractivity contribution in [2.24, 2.45) is 5.41 Å². The van der Waals surface area contributed by atoms with E-state index in [-0.39, 0.29) is 5.91 Å². The molecule has 108 valence electrons. The van der Waals surface area contributed by atoms with Gasteiger partial charge < -0.3 is 10.1 Å². The summed E-state index contributed by atoms with van der Waals surface area (Å²) in [5.74, 6) is -0.529. The van der Waals surface area contributed by atoms with Gasteiger partial charge in [0.2, 0.25) is 5.91 Å². The maximum Gasteiger partial charge on any atom is 0.330 e. The van der Waals surface area contributed by atoms with Gasteiger partial charge in [0.1, 0.15) is 0 Å². The van der Waals surface area contributed by atoms with Crippen LogP contribution in [-0.4, -0.2) is 23.5 Å². The van der Waals surface area contributed by atoms with Gasteiger partial charge in [0.25, 0.3) is 0 Å². The number of carbonyl (C=O) groups is 2. The van der Waals surface area contributed by atoms with Crippen molar-refractivity contribution in [1.82, 2.24) is 4.98 Å². The molecule has 0 radical (unpaired) electrons. The molecule has 1 amide bonds. The number of ether oxygens (including phenoxy) is 1. The van der Waals surface area contributed by atoms with E-state index in [2.05, 4.69) is 10.3 Å². The van der Waals surface area contributed by atoms with E-state index in [9.17, 15) is 9.59 Å². The number of esters is 1. The maximum atomic E-state index is 12.0. The molecule has 0 aliphatic carbocycles. The zero-order valence-corrected chi connectivity index (χ0v) is 12.3. The molecule has 1 rings (SSSR count). The van der Waals surface area contributed by atoms with E-state index in [0.29, 0.717) is 17.9 Å². The Hall–Kier alpha value is -2.17. The Kier molecular flexibility index (Phi) is 5.43. The van der Waals surface area contributed by atoms with Gasteiger partial charge in [-0.25, -0.2) is 4.79 Å². The Morgan fingerprint density at radius 3 is 2.70 bits per heavy atom. The SMILES string of the molecule is CCOC(=O)/C=C/c1cnccc1NC(=O)C(C)(C)C. The van der Waals surface area contributed by atoms with Crippen LogP contribution >= 0.6 is 0 Å². The number of hydrogen-bond donors (Lipinski definition) is 1. The molecule has 20 heavy (non-hydrogen) atoms. The average molecular weight is 276 g/mol. The standard InChI is InChI=1S/C15H20N2O3/c1-5-20-13(18)7-6-11-10-16-9-8-12(11)17-14(19)15(2,3)4/h6-10H,5H2,1-4H3,(H,16,17,19)/b7-6+. The van der Waals surface area contributed by atoms with Crippen molar-refractivity contribution in [3.8, 4) is 0 Å². The second kappa shape index (κ2) is 6.84. The van der Waals surface area contributed by atoms with E-state index in [1.807, 2.05) is 20.8 Å². The smallest absolute Gasteiger partial charge is 0.330 e. The molecule has 1 aromatic heterocycles. The number of nitrogens with zero attached hydrogens (tertiary/aromatic N) is 1. The highest BCUT2D eigenvalue weighted by molar-refractivity contribution is 5.97. The molecule has 0 atom stereocenters. The van der Waals surface area contributed by atoms with Gasteiger partial charge in [-0.05, 0) is 19.1 Å². The number of pyridine rings is 1. The summed E-state index contributed by atoms with van der Waals surface area (Å²) in [5.41, 5.74) is 0.768. The third-order valence-electron chi connectivity index (χ3n) is 2.47. The van der Waals surface area contributed by atoms with Gasteiger partial charge in [-0.2, -0.15) is 0 Å². The molecule has 5 nitrogen and oxygen atoms in total. The van der Waals surface area contributed by atoms with E-state index >= 15 is 0 Å². The molecule has 1 aromatic rings. The molecule has 0 fully saturated rings. The molecular weight excluding hydrogens is 256 g/mol. The van der Waals surface area contributed by atoms with Crippen LogP contribution in [0.4, 0.5) is 5.69 Å². The predicted octanol–water partition coefficient (Wildman–Crippen LogP) is 2.64. The van der Waals surface area contributed by atoms with E-state index in [1.54, 1.807) is 31.5 Å². The molecule has 0 aliphatic heterocycles. The summed E-state index contributed by atoms with van der Waals surface area (Å²) in [6.07, 6.45) is 6.05. The summed E-state index contributed by atoms with van der Waals surface area (Å²) < 4.78 is 4.81. The number of carbonyl (C=O) groups excluding carboxylic acids is 2. The molecule has 1 N–H and O–H groups in total. The minimum absolute atomic E-state index is 0.102. The van der Waals surface area contributed by atoms with Crippen LogP contribution in [0.1, 0.15) is 33.3 Å². The Balaban J connectivity index is 2.89. The highest BCUT2D eigenvalue weighted by Crippen LogP contribution is 2.20. The highest BCUT2D eigenvalue weighted by atomic mass is 16.5. The van der Waals surface area contributed by atoms with Crippen molar-refractivity contribution in [1.29, 1.82) is 0 Å². The fraction of sp³-hybridized carbons (Fsp3) is 0.400. The summed E-state index contributed by atoms with van der Waals surface area (Å²) in [6.45, 7) is 7.56. The van der Waals surface area contributed by atoms with Gasteiger partial charge in [-0.15, -0.1) is 0 Å². The van der Waals surface area contributed by atoms with Gasteiger partial charge in [0.15, 0.2) is 0 Å². The Morgan fingerprint density at radius 1 is 1.40 bits per heavy atom. The minimum atomic E-state index is -0.495. The number of amides is 1. The lowest BCUT2D eigenvalue weighted by Crippen LogP contribution is -2.27. The summed E-state index contributed by atoms with van der Waals surface area (Å²) in [7, 11) is 0. The molecule has 5 heteroatoms. The first-order chi connectivity index (χ1) is 9.34. The molecule has 0 aliphatic rings. The summed E-state index contributed by atoms with van der Waals surface area (Å²) >= 11 is 0. The van der Waals surface area contributed by atoms with E-state index in [1.165, 1.54) is 6.08 Å². The average Bonchev–Trinajstić information content (AvgIpc) is 2.37. The number of anilines is 1. The second-order valence-electron chi connectivity index (χ2n) is 5.25. The normalized spacial score (nSPS) is 11.4. The number of hydrogen-bond acceptors (Lipinski definition) is 4. The van der Waals surface area contributed by atoms with Crippen LogP contribution in [0.2, 0.25) is 0 Å². The van der Waals surface area contributed by atoms with Gasteiger partial charge in [0, 0.05) is 29.4 Å². The van der Waals surface area contributed by atoms with Crippen molar-refractivity contribution in [2.45, 2.75) is 27.7 Å². The van der Waals surface area contributed by atoms with E-state index in [4.69, 9.17) is 4.74 Å². The number of nitrogens with one attached hydrogen (secondary N) is 1. The predicted molar refractivity (Wildman–Crippen MR) is 78.0 cm³/mol. The first kappa shape index (κ1) is 15.9. The van der Waals surface area contributed by atoms with Crippen LogP contribution in [-0.2, 0) is 14.3 Å². The lowest BCUT2D eigenvalue weighted by Gasteiger charge is -2.18. The second-order valence-corrected chi connectivity index (χ2v) is 5.25. The monoisotopic (exact) mass is 276 g/mol. The minimum Gasteiger partial charge on any atom is -0.463 e. The number of rotatable bonds is 4. The van der Waals surface area contributed by atoms with Crippen molar-refractivity contribution in [3.63, 3.8) is 0 Å². The highest BCUT2D eigenvalue weighted by Gasteiger charge is 2.21.